The Morgan fingerprint density at radius 3 is 2.63 bits per heavy atom. The summed E-state index contributed by atoms with van der Waals surface area (Å²) < 4.78 is 0. The molecule has 19 heavy (non-hydrogen) atoms. The van der Waals surface area contributed by atoms with E-state index in [0.717, 1.165) is 30.6 Å². The predicted octanol–water partition coefficient (Wildman–Crippen LogP) is 0.601. The lowest BCUT2D eigenvalue weighted by Gasteiger charge is -2.29. The Hall–Kier alpha value is -1.40. The van der Waals surface area contributed by atoms with E-state index in [-0.39, 0.29) is 0 Å². The molecular weight excluding hydrogens is 240 g/mol. The van der Waals surface area contributed by atoms with Crippen molar-refractivity contribution in [3.8, 4) is 0 Å². The average Bonchev–Trinajstić information content (AvgIpc) is 2.45. The van der Waals surface area contributed by atoms with Crippen molar-refractivity contribution in [2.24, 2.45) is 11.7 Å². The van der Waals surface area contributed by atoms with Gasteiger partial charge in [0, 0.05) is 25.7 Å². The van der Waals surface area contributed by atoms with Crippen LogP contribution in [-0.2, 0) is 0 Å². The van der Waals surface area contributed by atoms with E-state index in [0.29, 0.717) is 6.54 Å². The molecule has 106 valence electrons. The molecule has 2 rings (SSSR count). The molecule has 1 fully saturated rings. The number of nitrogens with zero attached hydrogens (tertiary/aromatic N) is 3. The molecule has 0 atom stereocenters. The van der Waals surface area contributed by atoms with Gasteiger partial charge in [0.1, 0.15) is 18.0 Å². The van der Waals surface area contributed by atoms with Crippen molar-refractivity contribution < 1.29 is 0 Å². The van der Waals surface area contributed by atoms with Gasteiger partial charge in [0.15, 0.2) is 0 Å². The highest BCUT2D eigenvalue weighted by Gasteiger charge is 2.16. The van der Waals surface area contributed by atoms with Crippen LogP contribution in [0.3, 0.4) is 0 Å². The largest absolute Gasteiger partial charge is 0.370 e. The molecule has 0 radical (unpaired) electrons. The van der Waals surface area contributed by atoms with Crippen molar-refractivity contribution in [1.82, 2.24) is 14.9 Å². The first-order chi connectivity index (χ1) is 9.28. The molecule has 6 nitrogen and oxygen atoms in total. The van der Waals surface area contributed by atoms with E-state index >= 15 is 0 Å². The Kier molecular flexibility index (Phi) is 5.35. The van der Waals surface area contributed by atoms with E-state index in [2.05, 4.69) is 32.5 Å². The molecule has 0 aromatic carbocycles. The second kappa shape index (κ2) is 7.25. The number of hydrogen-bond acceptors (Lipinski definition) is 6. The Labute approximate surface area is 114 Å². The van der Waals surface area contributed by atoms with Crippen LogP contribution < -0.4 is 16.4 Å². The number of likely N-dealkylation sites (tertiary alicyclic amines) is 1. The molecule has 0 saturated carbocycles. The molecule has 0 spiro atoms. The summed E-state index contributed by atoms with van der Waals surface area (Å²) in [5.74, 6) is 2.45. The average molecular weight is 264 g/mol. The predicted molar refractivity (Wildman–Crippen MR) is 78.3 cm³/mol. The standard InChI is InChI=1S/C13H24N6/c1-19-6-2-11(3-7-19)9-16-13-8-12(15-5-4-14)17-10-18-13/h8,10-11H,2-7,9,14H2,1H3,(H2,15,16,17,18). The minimum Gasteiger partial charge on any atom is -0.370 e. The third kappa shape index (κ3) is 4.65. The van der Waals surface area contributed by atoms with E-state index in [1.807, 2.05) is 6.07 Å². The van der Waals surface area contributed by atoms with Crippen molar-refractivity contribution in [2.75, 3.05) is 50.4 Å². The van der Waals surface area contributed by atoms with Crippen LogP contribution in [0.15, 0.2) is 12.4 Å². The van der Waals surface area contributed by atoms with Crippen molar-refractivity contribution in [2.45, 2.75) is 12.8 Å². The van der Waals surface area contributed by atoms with Crippen LogP contribution in [-0.4, -0.2) is 54.6 Å². The Balaban J connectivity index is 1.78. The maximum absolute atomic E-state index is 5.46. The minimum absolute atomic E-state index is 0.600. The van der Waals surface area contributed by atoms with E-state index in [9.17, 15) is 0 Å². The monoisotopic (exact) mass is 264 g/mol. The van der Waals surface area contributed by atoms with Gasteiger partial charge < -0.3 is 21.3 Å². The van der Waals surface area contributed by atoms with Crippen molar-refractivity contribution in [3.05, 3.63) is 12.4 Å². The Morgan fingerprint density at radius 1 is 1.26 bits per heavy atom. The van der Waals surface area contributed by atoms with Crippen LogP contribution in [0.25, 0.3) is 0 Å². The van der Waals surface area contributed by atoms with Crippen molar-refractivity contribution in [3.63, 3.8) is 0 Å². The molecule has 1 aliphatic rings. The van der Waals surface area contributed by atoms with E-state index in [1.54, 1.807) is 6.33 Å². The van der Waals surface area contributed by atoms with Gasteiger partial charge in [0.05, 0.1) is 0 Å². The molecule has 1 aliphatic heterocycles. The summed E-state index contributed by atoms with van der Waals surface area (Å²) in [7, 11) is 2.18. The summed E-state index contributed by atoms with van der Waals surface area (Å²) in [6.45, 7) is 4.70. The lowest BCUT2D eigenvalue weighted by Crippen LogP contribution is -2.33. The molecule has 4 N–H and O–H groups in total. The molecule has 0 unspecified atom stereocenters. The van der Waals surface area contributed by atoms with Crippen LogP contribution in [0.1, 0.15) is 12.8 Å². The fourth-order valence-electron chi connectivity index (χ4n) is 2.27. The Morgan fingerprint density at radius 2 is 1.95 bits per heavy atom. The third-order valence-electron chi connectivity index (χ3n) is 3.53. The first-order valence-corrected chi connectivity index (χ1v) is 6.96. The summed E-state index contributed by atoms with van der Waals surface area (Å²) in [5.41, 5.74) is 5.46. The van der Waals surface area contributed by atoms with Gasteiger partial charge in [-0.2, -0.15) is 0 Å². The normalized spacial score (nSPS) is 17.4. The van der Waals surface area contributed by atoms with Gasteiger partial charge in [-0.3, -0.25) is 0 Å². The number of nitrogens with two attached hydrogens (primary N) is 1. The van der Waals surface area contributed by atoms with E-state index in [1.165, 1.54) is 25.9 Å². The maximum atomic E-state index is 5.46. The van der Waals surface area contributed by atoms with Crippen LogP contribution in [0.2, 0.25) is 0 Å². The summed E-state index contributed by atoms with van der Waals surface area (Å²) in [6, 6.07) is 1.94. The fourth-order valence-corrected chi connectivity index (χ4v) is 2.27. The number of nitrogens with one attached hydrogen (secondary N) is 2. The second-order valence-electron chi connectivity index (χ2n) is 5.13. The molecular formula is C13H24N6. The molecule has 6 heteroatoms. The summed E-state index contributed by atoms with van der Waals surface area (Å²) >= 11 is 0. The zero-order valence-corrected chi connectivity index (χ0v) is 11.6. The summed E-state index contributed by atoms with van der Waals surface area (Å²) in [6.07, 6.45) is 4.09. The van der Waals surface area contributed by atoms with Gasteiger partial charge in [-0.25, -0.2) is 9.97 Å². The molecule has 0 bridgehead atoms. The van der Waals surface area contributed by atoms with Crippen molar-refractivity contribution in [1.29, 1.82) is 0 Å². The van der Waals surface area contributed by atoms with E-state index in [4.69, 9.17) is 5.73 Å². The molecule has 2 heterocycles. The van der Waals surface area contributed by atoms with Gasteiger partial charge >= 0.3 is 0 Å². The molecule has 1 aromatic heterocycles. The van der Waals surface area contributed by atoms with Crippen LogP contribution in [0.5, 0.6) is 0 Å². The molecule has 1 saturated heterocycles. The Bertz CT molecular complexity index is 375. The minimum atomic E-state index is 0.600. The molecule has 0 amide bonds. The number of anilines is 2. The zero-order chi connectivity index (χ0) is 13.5. The fraction of sp³-hybridized carbons (Fsp3) is 0.692. The van der Waals surface area contributed by atoms with Crippen LogP contribution in [0.4, 0.5) is 11.6 Å². The molecule has 1 aromatic rings. The lowest BCUT2D eigenvalue weighted by atomic mass is 9.97. The van der Waals surface area contributed by atoms with Gasteiger partial charge in [-0.05, 0) is 38.9 Å². The smallest absolute Gasteiger partial charge is 0.131 e. The summed E-state index contributed by atoms with van der Waals surface area (Å²) in [5, 5.41) is 6.56. The van der Waals surface area contributed by atoms with Crippen molar-refractivity contribution >= 4 is 11.6 Å². The number of hydrogen-bond donors (Lipinski definition) is 3. The quantitative estimate of drug-likeness (QED) is 0.698. The van der Waals surface area contributed by atoms with Gasteiger partial charge in [0.2, 0.25) is 0 Å². The first-order valence-electron chi connectivity index (χ1n) is 6.96. The topological polar surface area (TPSA) is 79.1 Å². The lowest BCUT2D eigenvalue weighted by molar-refractivity contribution is 0.226. The highest BCUT2D eigenvalue weighted by molar-refractivity contribution is 5.46. The van der Waals surface area contributed by atoms with E-state index < -0.39 is 0 Å². The SMILES string of the molecule is CN1CCC(CNc2cc(NCCN)ncn2)CC1. The van der Waals surface area contributed by atoms with Crippen LogP contribution >= 0.6 is 0 Å². The number of rotatable bonds is 6. The molecule has 0 aliphatic carbocycles. The van der Waals surface area contributed by atoms with Crippen LogP contribution in [0, 0.1) is 5.92 Å². The zero-order valence-electron chi connectivity index (χ0n) is 11.6. The second-order valence-corrected chi connectivity index (χ2v) is 5.13. The first kappa shape index (κ1) is 14.0. The highest BCUT2D eigenvalue weighted by Crippen LogP contribution is 2.17. The number of piperidine rings is 1. The van der Waals surface area contributed by atoms with Gasteiger partial charge in [0.25, 0.3) is 0 Å². The van der Waals surface area contributed by atoms with Gasteiger partial charge in [-0.15, -0.1) is 0 Å². The summed E-state index contributed by atoms with van der Waals surface area (Å²) in [4.78, 5) is 10.8. The maximum Gasteiger partial charge on any atom is 0.131 e. The highest BCUT2D eigenvalue weighted by atomic mass is 15.1. The van der Waals surface area contributed by atoms with Gasteiger partial charge in [-0.1, -0.05) is 0 Å². The number of aromatic nitrogens is 2. The third-order valence-corrected chi connectivity index (χ3v) is 3.53.